The third-order valence-electron chi connectivity index (χ3n) is 3.44. The highest BCUT2D eigenvalue weighted by Crippen LogP contribution is 2.22. The fourth-order valence-electron chi connectivity index (χ4n) is 2.06. The number of rotatable bonds is 4. The Hall–Kier alpha value is -1.95. The molecular formula is C16H20FN3OS. The van der Waals surface area contributed by atoms with E-state index in [1.807, 2.05) is 32.2 Å². The summed E-state index contributed by atoms with van der Waals surface area (Å²) in [5.74, 6) is -0.269. The average molecular weight is 321 g/mol. The standard InChI is InChI=1S/C16H20FN3OS/c1-10-5-6-12(9-13(10)17)11(2)19-15(21)20-16(3,4)14-18-7-8-22-14/h5-9,11H,1-4H3,(H2,19,20,21)/t11-/m0/s1. The van der Waals surface area contributed by atoms with Crippen LogP contribution >= 0.6 is 11.3 Å². The first kappa shape index (κ1) is 16.4. The minimum atomic E-state index is -0.559. The Balaban J connectivity index is 2.01. The highest BCUT2D eigenvalue weighted by molar-refractivity contribution is 7.09. The van der Waals surface area contributed by atoms with Crippen LogP contribution in [0.3, 0.4) is 0 Å². The molecule has 0 aliphatic heterocycles. The van der Waals surface area contributed by atoms with Crippen LogP contribution < -0.4 is 10.6 Å². The zero-order valence-electron chi connectivity index (χ0n) is 13.1. The van der Waals surface area contributed by atoms with Crippen molar-refractivity contribution in [3.63, 3.8) is 0 Å². The molecule has 22 heavy (non-hydrogen) atoms. The summed E-state index contributed by atoms with van der Waals surface area (Å²) in [7, 11) is 0. The molecule has 1 aromatic heterocycles. The molecule has 0 saturated heterocycles. The average Bonchev–Trinajstić information content (AvgIpc) is 2.95. The molecule has 1 heterocycles. The second-order valence-corrected chi connectivity index (χ2v) is 6.69. The number of aromatic nitrogens is 1. The number of aryl methyl sites for hydroxylation is 1. The third-order valence-corrected chi connectivity index (χ3v) is 4.53. The van der Waals surface area contributed by atoms with Gasteiger partial charge in [0.25, 0.3) is 0 Å². The Kier molecular flexibility index (Phi) is 4.81. The molecule has 0 spiro atoms. The van der Waals surface area contributed by atoms with Gasteiger partial charge in [0, 0.05) is 11.6 Å². The Labute approximate surface area is 133 Å². The Morgan fingerprint density at radius 1 is 1.41 bits per heavy atom. The zero-order chi connectivity index (χ0) is 16.3. The van der Waals surface area contributed by atoms with Gasteiger partial charge in [0.1, 0.15) is 10.8 Å². The van der Waals surface area contributed by atoms with Gasteiger partial charge >= 0.3 is 6.03 Å². The van der Waals surface area contributed by atoms with Crippen molar-refractivity contribution in [1.82, 2.24) is 15.6 Å². The lowest BCUT2D eigenvalue weighted by molar-refractivity contribution is 0.227. The van der Waals surface area contributed by atoms with Crippen molar-refractivity contribution in [3.05, 3.63) is 51.7 Å². The third kappa shape index (κ3) is 3.82. The number of thiazole rings is 1. The highest BCUT2D eigenvalue weighted by Gasteiger charge is 2.26. The first-order chi connectivity index (χ1) is 10.3. The van der Waals surface area contributed by atoms with Crippen molar-refractivity contribution in [2.75, 3.05) is 0 Å². The number of halogens is 1. The number of urea groups is 1. The molecule has 2 N–H and O–H groups in total. The van der Waals surface area contributed by atoms with Crippen LogP contribution in [-0.2, 0) is 5.54 Å². The Bertz CT molecular complexity index is 655. The lowest BCUT2D eigenvalue weighted by Gasteiger charge is -2.25. The molecule has 0 fully saturated rings. The number of nitrogens with one attached hydrogen (secondary N) is 2. The molecule has 0 radical (unpaired) electrons. The number of nitrogens with zero attached hydrogens (tertiary/aromatic N) is 1. The predicted molar refractivity (Wildman–Crippen MR) is 86.4 cm³/mol. The van der Waals surface area contributed by atoms with Crippen LogP contribution in [0.25, 0.3) is 0 Å². The van der Waals surface area contributed by atoms with E-state index in [9.17, 15) is 9.18 Å². The van der Waals surface area contributed by atoms with Gasteiger partial charge in [-0.25, -0.2) is 14.2 Å². The molecule has 2 rings (SSSR count). The van der Waals surface area contributed by atoms with Crippen molar-refractivity contribution in [1.29, 1.82) is 0 Å². The molecular weight excluding hydrogens is 301 g/mol. The summed E-state index contributed by atoms with van der Waals surface area (Å²) < 4.78 is 13.6. The summed E-state index contributed by atoms with van der Waals surface area (Å²) >= 11 is 1.49. The molecule has 4 nitrogen and oxygen atoms in total. The monoisotopic (exact) mass is 321 g/mol. The van der Waals surface area contributed by atoms with E-state index in [2.05, 4.69) is 15.6 Å². The second kappa shape index (κ2) is 6.44. The van der Waals surface area contributed by atoms with Crippen LogP contribution in [0.5, 0.6) is 0 Å². The molecule has 0 bridgehead atoms. The maximum atomic E-state index is 13.6. The van der Waals surface area contributed by atoms with Crippen LogP contribution in [0.4, 0.5) is 9.18 Å². The van der Waals surface area contributed by atoms with E-state index in [0.29, 0.717) is 5.56 Å². The van der Waals surface area contributed by atoms with Crippen molar-refractivity contribution in [3.8, 4) is 0 Å². The van der Waals surface area contributed by atoms with E-state index in [1.54, 1.807) is 19.2 Å². The van der Waals surface area contributed by atoms with Gasteiger partial charge in [-0.1, -0.05) is 12.1 Å². The van der Waals surface area contributed by atoms with E-state index < -0.39 is 5.54 Å². The SMILES string of the molecule is Cc1ccc([C@H](C)NC(=O)NC(C)(C)c2nccs2)cc1F. The zero-order valence-corrected chi connectivity index (χ0v) is 13.9. The lowest BCUT2D eigenvalue weighted by atomic mass is 10.1. The molecule has 1 atom stereocenters. The summed E-state index contributed by atoms with van der Waals surface area (Å²) in [6, 6.07) is 4.37. The van der Waals surface area contributed by atoms with Crippen LogP contribution in [0.2, 0.25) is 0 Å². The van der Waals surface area contributed by atoms with E-state index in [-0.39, 0.29) is 17.9 Å². The summed E-state index contributed by atoms with van der Waals surface area (Å²) in [4.78, 5) is 16.4. The van der Waals surface area contributed by atoms with Crippen molar-refractivity contribution < 1.29 is 9.18 Å². The number of hydrogen-bond acceptors (Lipinski definition) is 3. The van der Waals surface area contributed by atoms with E-state index in [4.69, 9.17) is 0 Å². The van der Waals surface area contributed by atoms with E-state index >= 15 is 0 Å². The lowest BCUT2D eigenvalue weighted by Crippen LogP contribution is -2.47. The van der Waals surface area contributed by atoms with Gasteiger partial charge in [-0.05, 0) is 44.9 Å². The smallest absolute Gasteiger partial charge is 0.316 e. The van der Waals surface area contributed by atoms with Crippen molar-refractivity contribution in [2.45, 2.75) is 39.3 Å². The molecule has 118 valence electrons. The van der Waals surface area contributed by atoms with Crippen LogP contribution in [0.1, 0.15) is 42.9 Å². The van der Waals surface area contributed by atoms with Gasteiger partial charge in [-0.15, -0.1) is 11.3 Å². The molecule has 0 unspecified atom stereocenters. The first-order valence-electron chi connectivity index (χ1n) is 7.04. The number of benzene rings is 1. The van der Waals surface area contributed by atoms with Gasteiger partial charge < -0.3 is 10.6 Å². The Morgan fingerprint density at radius 3 is 2.73 bits per heavy atom. The summed E-state index contributed by atoms with van der Waals surface area (Å²) in [5.41, 5.74) is 0.756. The normalized spacial score (nSPS) is 12.8. The second-order valence-electron chi connectivity index (χ2n) is 5.79. The van der Waals surface area contributed by atoms with Gasteiger partial charge in [0.2, 0.25) is 0 Å². The van der Waals surface area contributed by atoms with Crippen LogP contribution in [0, 0.1) is 12.7 Å². The molecule has 2 amide bonds. The fraction of sp³-hybridized carbons (Fsp3) is 0.375. The van der Waals surface area contributed by atoms with E-state index in [0.717, 1.165) is 10.6 Å². The highest BCUT2D eigenvalue weighted by atomic mass is 32.1. The summed E-state index contributed by atoms with van der Waals surface area (Å²) in [5, 5.41) is 8.41. The summed E-state index contributed by atoms with van der Waals surface area (Å²) in [6.07, 6.45) is 1.71. The maximum absolute atomic E-state index is 13.6. The van der Waals surface area contributed by atoms with Crippen LogP contribution in [-0.4, -0.2) is 11.0 Å². The maximum Gasteiger partial charge on any atom is 0.316 e. The minimum absolute atomic E-state index is 0.269. The number of carbonyl (C=O) groups excluding carboxylic acids is 1. The van der Waals surface area contributed by atoms with Crippen LogP contribution in [0.15, 0.2) is 29.8 Å². The fourth-order valence-corrected chi connectivity index (χ4v) is 2.78. The minimum Gasteiger partial charge on any atom is -0.332 e. The summed E-state index contributed by atoms with van der Waals surface area (Å²) in [6.45, 7) is 7.31. The predicted octanol–water partition coefficient (Wildman–Crippen LogP) is 3.89. The van der Waals surface area contributed by atoms with Gasteiger partial charge in [0.05, 0.1) is 11.6 Å². The van der Waals surface area contributed by atoms with E-state index in [1.165, 1.54) is 17.4 Å². The number of amides is 2. The molecule has 6 heteroatoms. The van der Waals surface area contributed by atoms with Gasteiger partial charge in [-0.2, -0.15) is 0 Å². The van der Waals surface area contributed by atoms with Crippen molar-refractivity contribution >= 4 is 17.4 Å². The van der Waals surface area contributed by atoms with Gasteiger partial charge in [-0.3, -0.25) is 0 Å². The number of hydrogen-bond donors (Lipinski definition) is 2. The Morgan fingerprint density at radius 2 is 2.14 bits per heavy atom. The molecule has 2 aromatic rings. The molecule has 0 aliphatic carbocycles. The molecule has 0 saturated carbocycles. The molecule has 1 aromatic carbocycles. The topological polar surface area (TPSA) is 54.0 Å². The first-order valence-corrected chi connectivity index (χ1v) is 7.92. The number of carbonyl (C=O) groups is 1. The molecule has 0 aliphatic rings. The van der Waals surface area contributed by atoms with Crippen molar-refractivity contribution in [2.24, 2.45) is 0 Å². The van der Waals surface area contributed by atoms with Gasteiger partial charge in [0.15, 0.2) is 0 Å². The largest absolute Gasteiger partial charge is 0.332 e. The quantitative estimate of drug-likeness (QED) is 0.897.